The number of rotatable bonds is 5. The van der Waals surface area contributed by atoms with Crippen LogP contribution in [0.3, 0.4) is 0 Å². The molecular weight excluding hydrogens is 390 g/mol. The first kappa shape index (κ1) is 20.5. The van der Waals surface area contributed by atoms with E-state index in [0.29, 0.717) is 23.1 Å². The molecule has 0 radical (unpaired) electrons. The number of carbonyl (C=O) groups excluding carboxylic acids is 1. The van der Waals surface area contributed by atoms with E-state index in [0.717, 1.165) is 22.5 Å². The van der Waals surface area contributed by atoms with Crippen LogP contribution in [0.4, 0.5) is 0 Å². The number of hydrogen-bond donors (Lipinski definition) is 1. The number of aryl methyl sites for hydroxylation is 3. The summed E-state index contributed by atoms with van der Waals surface area (Å²) in [6, 6.07) is 16.8. The van der Waals surface area contributed by atoms with E-state index in [4.69, 9.17) is 0 Å². The first-order valence-electron chi connectivity index (χ1n) is 10.2. The van der Waals surface area contributed by atoms with Gasteiger partial charge in [0.25, 0.3) is 5.56 Å². The number of hydrogen-bond acceptors (Lipinski definition) is 4. The van der Waals surface area contributed by atoms with E-state index in [1.54, 1.807) is 18.5 Å². The third-order valence-corrected chi connectivity index (χ3v) is 5.60. The van der Waals surface area contributed by atoms with Crippen molar-refractivity contribution in [2.75, 3.05) is 0 Å². The molecular formula is C24H25N5O2. The minimum atomic E-state index is -0.751. The smallest absolute Gasteiger partial charge is 0.278 e. The SMILES string of the molecule is Cc1ccccc1CNC(=O)[C@@H](C)n1nc(C)c2nn(-c3ccccc3)c(C)c2c1=O. The van der Waals surface area contributed by atoms with Gasteiger partial charge in [-0.05, 0) is 51.0 Å². The van der Waals surface area contributed by atoms with Crippen LogP contribution in [-0.4, -0.2) is 25.5 Å². The average Bonchev–Trinajstić information content (AvgIpc) is 3.13. The highest BCUT2D eigenvalue weighted by molar-refractivity contribution is 5.84. The van der Waals surface area contributed by atoms with Crippen LogP contribution >= 0.6 is 0 Å². The van der Waals surface area contributed by atoms with Gasteiger partial charge in [0.15, 0.2) is 0 Å². The Kier molecular flexibility index (Phi) is 5.42. The predicted molar refractivity (Wildman–Crippen MR) is 120 cm³/mol. The molecule has 0 aliphatic heterocycles. The van der Waals surface area contributed by atoms with Gasteiger partial charge in [0.05, 0.1) is 22.5 Å². The molecule has 7 heteroatoms. The van der Waals surface area contributed by atoms with Crippen molar-refractivity contribution in [3.05, 3.63) is 87.5 Å². The summed E-state index contributed by atoms with van der Waals surface area (Å²) in [7, 11) is 0. The van der Waals surface area contributed by atoms with Gasteiger partial charge in [-0.1, -0.05) is 42.5 Å². The molecule has 0 aliphatic rings. The quantitative estimate of drug-likeness (QED) is 0.542. The maximum absolute atomic E-state index is 13.3. The summed E-state index contributed by atoms with van der Waals surface area (Å²) in [6.45, 7) is 7.75. The lowest BCUT2D eigenvalue weighted by atomic mass is 10.1. The van der Waals surface area contributed by atoms with Crippen molar-refractivity contribution < 1.29 is 4.79 Å². The van der Waals surface area contributed by atoms with Gasteiger partial charge in [0.2, 0.25) is 5.91 Å². The van der Waals surface area contributed by atoms with Crippen LogP contribution in [0, 0.1) is 20.8 Å². The van der Waals surface area contributed by atoms with E-state index in [1.165, 1.54) is 4.68 Å². The Labute approximate surface area is 180 Å². The Bertz CT molecular complexity index is 1320. The molecule has 1 atom stereocenters. The minimum Gasteiger partial charge on any atom is -0.350 e. The lowest BCUT2D eigenvalue weighted by molar-refractivity contribution is -0.124. The lowest BCUT2D eigenvalue weighted by Crippen LogP contribution is -2.37. The zero-order chi connectivity index (χ0) is 22.1. The second-order valence-electron chi connectivity index (χ2n) is 7.71. The fraction of sp³-hybridized carbons (Fsp3) is 0.250. The summed E-state index contributed by atoms with van der Waals surface area (Å²) < 4.78 is 3.00. The van der Waals surface area contributed by atoms with Crippen LogP contribution in [0.2, 0.25) is 0 Å². The number of amides is 1. The lowest BCUT2D eigenvalue weighted by Gasteiger charge is -2.15. The second-order valence-corrected chi connectivity index (χ2v) is 7.71. The molecule has 0 unspecified atom stereocenters. The Morgan fingerprint density at radius 1 is 1.00 bits per heavy atom. The molecule has 0 fully saturated rings. The van der Waals surface area contributed by atoms with Crippen LogP contribution < -0.4 is 10.9 Å². The van der Waals surface area contributed by atoms with E-state index < -0.39 is 6.04 Å². The number of para-hydroxylation sites is 1. The molecule has 31 heavy (non-hydrogen) atoms. The third kappa shape index (κ3) is 3.74. The van der Waals surface area contributed by atoms with Gasteiger partial charge < -0.3 is 5.32 Å². The Hall–Kier alpha value is -3.74. The van der Waals surface area contributed by atoms with E-state index in [9.17, 15) is 9.59 Å². The normalized spacial score (nSPS) is 12.1. The number of carbonyl (C=O) groups is 1. The number of nitrogens with one attached hydrogen (secondary N) is 1. The molecule has 1 amide bonds. The summed E-state index contributed by atoms with van der Waals surface area (Å²) in [5, 5.41) is 12.4. The monoisotopic (exact) mass is 415 g/mol. The summed E-state index contributed by atoms with van der Waals surface area (Å²) in [5.41, 5.74) is 4.56. The molecule has 1 N–H and O–H groups in total. The van der Waals surface area contributed by atoms with Crippen LogP contribution in [-0.2, 0) is 11.3 Å². The van der Waals surface area contributed by atoms with Crippen LogP contribution in [0.15, 0.2) is 59.4 Å². The largest absolute Gasteiger partial charge is 0.350 e. The summed E-state index contributed by atoms with van der Waals surface area (Å²) in [5.74, 6) is -0.260. The summed E-state index contributed by atoms with van der Waals surface area (Å²) in [6.07, 6.45) is 0. The molecule has 2 heterocycles. The second kappa shape index (κ2) is 8.18. The van der Waals surface area contributed by atoms with Gasteiger partial charge in [-0.15, -0.1) is 0 Å². The van der Waals surface area contributed by atoms with Crippen molar-refractivity contribution in [2.45, 2.75) is 40.3 Å². The molecule has 2 aromatic carbocycles. The van der Waals surface area contributed by atoms with Crippen LogP contribution in [0.5, 0.6) is 0 Å². The third-order valence-electron chi connectivity index (χ3n) is 5.60. The van der Waals surface area contributed by atoms with Crippen LogP contribution in [0.25, 0.3) is 16.6 Å². The fourth-order valence-electron chi connectivity index (χ4n) is 3.71. The van der Waals surface area contributed by atoms with E-state index in [1.807, 2.05) is 68.4 Å². The number of nitrogens with zero attached hydrogens (tertiary/aromatic N) is 4. The molecule has 4 aromatic rings. The Balaban J connectivity index is 1.68. The molecule has 4 rings (SSSR count). The minimum absolute atomic E-state index is 0.260. The Morgan fingerprint density at radius 3 is 2.39 bits per heavy atom. The highest BCUT2D eigenvalue weighted by atomic mass is 16.2. The van der Waals surface area contributed by atoms with Gasteiger partial charge in [-0.3, -0.25) is 9.59 Å². The van der Waals surface area contributed by atoms with Crippen molar-refractivity contribution in [1.82, 2.24) is 24.9 Å². The van der Waals surface area contributed by atoms with E-state index in [2.05, 4.69) is 15.5 Å². The van der Waals surface area contributed by atoms with E-state index >= 15 is 0 Å². The van der Waals surface area contributed by atoms with Crippen molar-refractivity contribution in [3.63, 3.8) is 0 Å². The zero-order valence-electron chi connectivity index (χ0n) is 18.1. The first-order valence-corrected chi connectivity index (χ1v) is 10.2. The maximum atomic E-state index is 13.3. The highest BCUT2D eigenvalue weighted by Crippen LogP contribution is 2.20. The van der Waals surface area contributed by atoms with Crippen molar-refractivity contribution in [2.24, 2.45) is 0 Å². The van der Waals surface area contributed by atoms with Gasteiger partial charge in [0.1, 0.15) is 11.6 Å². The van der Waals surface area contributed by atoms with Gasteiger partial charge in [-0.2, -0.15) is 10.2 Å². The topological polar surface area (TPSA) is 81.8 Å². The average molecular weight is 415 g/mol. The highest BCUT2D eigenvalue weighted by Gasteiger charge is 2.23. The van der Waals surface area contributed by atoms with Crippen molar-refractivity contribution in [1.29, 1.82) is 0 Å². The van der Waals surface area contributed by atoms with Gasteiger partial charge in [-0.25, -0.2) is 9.36 Å². The number of fused-ring (bicyclic) bond motifs is 1. The molecule has 158 valence electrons. The Morgan fingerprint density at radius 2 is 1.68 bits per heavy atom. The van der Waals surface area contributed by atoms with Gasteiger partial charge in [0, 0.05) is 6.54 Å². The number of benzene rings is 2. The zero-order valence-corrected chi connectivity index (χ0v) is 18.1. The molecule has 0 saturated heterocycles. The molecule has 0 saturated carbocycles. The molecule has 0 spiro atoms. The first-order chi connectivity index (χ1) is 14.9. The molecule has 2 aromatic heterocycles. The predicted octanol–water partition coefficient (Wildman–Crippen LogP) is 3.38. The van der Waals surface area contributed by atoms with Gasteiger partial charge >= 0.3 is 0 Å². The standard InChI is InChI=1S/C24H25N5O2/c1-15-10-8-9-11-19(15)14-25-23(30)18(4)29-24(31)21-17(3)28(20-12-6-5-7-13-20)27-22(21)16(2)26-29/h5-13,18H,14H2,1-4H3,(H,25,30)/t18-/m1/s1. The maximum Gasteiger partial charge on any atom is 0.278 e. The van der Waals surface area contributed by atoms with Crippen molar-refractivity contribution in [3.8, 4) is 5.69 Å². The molecule has 7 nitrogen and oxygen atoms in total. The van der Waals surface area contributed by atoms with Crippen molar-refractivity contribution >= 4 is 16.8 Å². The van der Waals surface area contributed by atoms with E-state index in [-0.39, 0.29) is 11.5 Å². The molecule has 0 bridgehead atoms. The van der Waals surface area contributed by atoms with Crippen LogP contribution in [0.1, 0.15) is 35.5 Å². The summed E-state index contributed by atoms with van der Waals surface area (Å²) >= 11 is 0. The molecule has 0 aliphatic carbocycles. The fourth-order valence-corrected chi connectivity index (χ4v) is 3.71. The summed E-state index contributed by atoms with van der Waals surface area (Å²) in [4.78, 5) is 26.1. The number of aromatic nitrogens is 4.